The zero-order valence-corrected chi connectivity index (χ0v) is 11.1. The lowest BCUT2D eigenvalue weighted by molar-refractivity contribution is -0.114. The molecule has 1 aliphatic heterocycles. The molecule has 0 atom stereocenters. The first-order valence-corrected chi connectivity index (χ1v) is 6.22. The Morgan fingerprint density at radius 1 is 1.16 bits per heavy atom. The fourth-order valence-electron chi connectivity index (χ4n) is 2.14. The third-order valence-electron chi connectivity index (χ3n) is 3.16. The predicted molar refractivity (Wildman–Crippen MR) is 70.8 cm³/mol. The van der Waals surface area contributed by atoms with Crippen LogP contribution in [0.25, 0.3) is 0 Å². The molecule has 0 saturated heterocycles. The van der Waals surface area contributed by atoms with Gasteiger partial charge in [-0.2, -0.15) is 0 Å². The number of nitrogens with zero attached hydrogens (tertiary/aromatic N) is 1. The molecule has 2 rings (SSSR count). The summed E-state index contributed by atoms with van der Waals surface area (Å²) in [5.41, 5.74) is 1.10. The molecule has 1 aliphatic rings. The maximum Gasteiger partial charge on any atom is 0.299 e. The lowest BCUT2D eigenvalue weighted by Crippen LogP contribution is -2.30. The van der Waals surface area contributed by atoms with Crippen molar-refractivity contribution in [2.45, 2.75) is 12.8 Å². The number of rotatable bonds is 6. The van der Waals surface area contributed by atoms with E-state index in [4.69, 9.17) is 9.47 Å². The minimum atomic E-state index is -0.458. The Morgan fingerprint density at radius 2 is 1.95 bits per heavy atom. The summed E-state index contributed by atoms with van der Waals surface area (Å²) in [6.45, 7) is 1.19. The van der Waals surface area contributed by atoms with Crippen LogP contribution in [0.2, 0.25) is 0 Å². The maximum atomic E-state index is 11.9. The van der Waals surface area contributed by atoms with Gasteiger partial charge in [0.2, 0.25) is 0 Å². The Morgan fingerprint density at radius 3 is 2.63 bits per heavy atom. The van der Waals surface area contributed by atoms with Gasteiger partial charge in [0.1, 0.15) is 5.75 Å². The second-order valence-corrected chi connectivity index (χ2v) is 4.37. The maximum absolute atomic E-state index is 11.9. The summed E-state index contributed by atoms with van der Waals surface area (Å²) in [6, 6.07) is 5.13. The first-order valence-electron chi connectivity index (χ1n) is 6.22. The molecule has 5 nitrogen and oxygen atoms in total. The van der Waals surface area contributed by atoms with E-state index in [0.717, 1.165) is 12.8 Å². The van der Waals surface area contributed by atoms with Crippen LogP contribution < -0.4 is 9.64 Å². The molecule has 0 bridgehead atoms. The monoisotopic (exact) mass is 263 g/mol. The fourth-order valence-corrected chi connectivity index (χ4v) is 2.14. The fraction of sp³-hybridized carbons (Fsp3) is 0.429. The van der Waals surface area contributed by atoms with E-state index < -0.39 is 11.7 Å². The lowest BCUT2D eigenvalue weighted by atomic mass is 10.1. The van der Waals surface area contributed by atoms with E-state index in [1.165, 1.54) is 12.0 Å². The topological polar surface area (TPSA) is 55.8 Å². The molecule has 1 amide bonds. The number of methoxy groups -OCH3 is 2. The van der Waals surface area contributed by atoms with Gasteiger partial charge in [0.05, 0.1) is 18.4 Å². The van der Waals surface area contributed by atoms with Crippen molar-refractivity contribution in [3.8, 4) is 5.75 Å². The molecular weight excluding hydrogens is 246 g/mol. The molecule has 0 saturated carbocycles. The second kappa shape index (κ2) is 5.84. The van der Waals surface area contributed by atoms with Crippen LogP contribution >= 0.6 is 0 Å². The van der Waals surface area contributed by atoms with Crippen molar-refractivity contribution in [3.63, 3.8) is 0 Å². The molecule has 19 heavy (non-hydrogen) atoms. The molecule has 0 unspecified atom stereocenters. The molecule has 0 N–H and O–H groups in total. The highest BCUT2D eigenvalue weighted by Gasteiger charge is 2.35. The highest BCUT2D eigenvalue weighted by Crippen LogP contribution is 2.32. The van der Waals surface area contributed by atoms with Crippen molar-refractivity contribution in [1.29, 1.82) is 0 Å². The number of hydrogen-bond donors (Lipinski definition) is 0. The number of hydrogen-bond acceptors (Lipinski definition) is 4. The number of carbonyl (C=O) groups is 2. The van der Waals surface area contributed by atoms with E-state index in [1.54, 1.807) is 25.3 Å². The Balaban J connectivity index is 2.15. The highest BCUT2D eigenvalue weighted by molar-refractivity contribution is 6.52. The smallest absolute Gasteiger partial charge is 0.299 e. The van der Waals surface area contributed by atoms with Gasteiger partial charge < -0.3 is 14.4 Å². The first-order chi connectivity index (χ1) is 9.19. The Bertz CT molecular complexity index is 498. The van der Waals surface area contributed by atoms with Crippen LogP contribution in [0.1, 0.15) is 23.2 Å². The van der Waals surface area contributed by atoms with Crippen molar-refractivity contribution in [2.75, 3.05) is 32.3 Å². The molecule has 1 heterocycles. The van der Waals surface area contributed by atoms with Crippen molar-refractivity contribution >= 4 is 17.4 Å². The van der Waals surface area contributed by atoms with E-state index in [1.807, 2.05) is 0 Å². The van der Waals surface area contributed by atoms with Crippen molar-refractivity contribution < 1.29 is 19.1 Å². The summed E-state index contributed by atoms with van der Waals surface area (Å²) in [6.07, 6.45) is 1.66. The zero-order chi connectivity index (χ0) is 13.8. The van der Waals surface area contributed by atoms with Gasteiger partial charge in [0.15, 0.2) is 0 Å². The molecular formula is C14H17NO4. The summed E-state index contributed by atoms with van der Waals surface area (Å²) in [4.78, 5) is 25.4. The van der Waals surface area contributed by atoms with Crippen LogP contribution in [-0.2, 0) is 9.53 Å². The summed E-state index contributed by atoms with van der Waals surface area (Å²) in [7, 11) is 3.18. The van der Waals surface area contributed by atoms with Gasteiger partial charge in [-0.05, 0) is 31.0 Å². The van der Waals surface area contributed by atoms with E-state index in [9.17, 15) is 9.59 Å². The number of amides is 1. The third-order valence-corrected chi connectivity index (χ3v) is 3.16. The first kappa shape index (κ1) is 13.5. The van der Waals surface area contributed by atoms with Gasteiger partial charge in [-0.3, -0.25) is 9.59 Å². The molecule has 0 aliphatic carbocycles. The van der Waals surface area contributed by atoms with E-state index in [-0.39, 0.29) is 0 Å². The van der Waals surface area contributed by atoms with Gasteiger partial charge in [0.25, 0.3) is 11.7 Å². The number of Topliss-reactive ketones (excluding diaryl/α,β-unsaturated/α-hetero) is 1. The number of anilines is 1. The number of carbonyl (C=O) groups excluding carboxylic acids is 2. The van der Waals surface area contributed by atoms with Gasteiger partial charge in [-0.1, -0.05) is 0 Å². The molecule has 0 fully saturated rings. The van der Waals surface area contributed by atoms with Crippen LogP contribution in [0.15, 0.2) is 18.2 Å². The van der Waals surface area contributed by atoms with Crippen LogP contribution in [0.3, 0.4) is 0 Å². The van der Waals surface area contributed by atoms with Crippen LogP contribution in [0.4, 0.5) is 5.69 Å². The average molecular weight is 263 g/mol. The van der Waals surface area contributed by atoms with Crippen molar-refractivity contribution in [1.82, 2.24) is 0 Å². The number of unbranched alkanes of at least 4 members (excludes halogenated alkanes) is 1. The number of ether oxygens (including phenoxy) is 2. The van der Waals surface area contributed by atoms with Gasteiger partial charge in [-0.25, -0.2) is 0 Å². The van der Waals surface area contributed by atoms with E-state index in [2.05, 4.69) is 0 Å². The third kappa shape index (κ3) is 2.61. The largest absolute Gasteiger partial charge is 0.497 e. The van der Waals surface area contributed by atoms with Gasteiger partial charge >= 0.3 is 0 Å². The van der Waals surface area contributed by atoms with E-state index in [0.29, 0.717) is 30.2 Å². The van der Waals surface area contributed by atoms with E-state index >= 15 is 0 Å². The highest BCUT2D eigenvalue weighted by atomic mass is 16.5. The number of ketones is 1. The Labute approximate surface area is 112 Å². The molecule has 102 valence electrons. The molecule has 0 aromatic heterocycles. The van der Waals surface area contributed by atoms with Gasteiger partial charge in [0, 0.05) is 20.3 Å². The van der Waals surface area contributed by atoms with Crippen LogP contribution in [0.5, 0.6) is 5.75 Å². The Hall–Kier alpha value is -1.88. The van der Waals surface area contributed by atoms with Crippen molar-refractivity contribution in [3.05, 3.63) is 23.8 Å². The van der Waals surface area contributed by atoms with Crippen molar-refractivity contribution in [2.24, 2.45) is 0 Å². The lowest BCUT2D eigenvalue weighted by Gasteiger charge is -2.16. The minimum Gasteiger partial charge on any atom is -0.497 e. The molecule has 0 spiro atoms. The number of fused-ring (bicyclic) bond motifs is 1. The molecule has 1 aromatic rings. The van der Waals surface area contributed by atoms with Crippen LogP contribution in [-0.4, -0.2) is 39.1 Å². The summed E-state index contributed by atoms with van der Waals surface area (Å²) in [5.74, 6) is -0.331. The summed E-state index contributed by atoms with van der Waals surface area (Å²) in [5, 5.41) is 0. The van der Waals surface area contributed by atoms with Crippen LogP contribution in [0, 0.1) is 0 Å². The standard InChI is InChI=1S/C14H17NO4/c1-18-8-4-3-7-15-12-6-5-10(19-2)9-11(12)13(16)14(15)17/h5-6,9H,3-4,7-8H2,1-2H3. The average Bonchev–Trinajstić information content (AvgIpc) is 2.67. The zero-order valence-electron chi connectivity index (χ0n) is 11.1. The molecule has 0 radical (unpaired) electrons. The quantitative estimate of drug-likeness (QED) is 0.578. The molecule has 1 aromatic carbocycles. The molecule has 5 heteroatoms. The summed E-state index contributed by atoms with van der Waals surface area (Å²) < 4.78 is 10.0. The predicted octanol–water partition coefficient (Wildman–Crippen LogP) is 1.65. The SMILES string of the molecule is COCCCCN1C(=O)C(=O)c2cc(OC)ccc21. The number of benzene rings is 1. The second-order valence-electron chi connectivity index (χ2n) is 4.37. The van der Waals surface area contributed by atoms with Gasteiger partial charge in [-0.15, -0.1) is 0 Å². The minimum absolute atomic E-state index is 0.427. The Kier molecular flexibility index (Phi) is 4.16. The normalized spacial score (nSPS) is 13.9. The summed E-state index contributed by atoms with van der Waals surface area (Å²) >= 11 is 0.